The van der Waals surface area contributed by atoms with Gasteiger partial charge in [0.15, 0.2) is 0 Å². The summed E-state index contributed by atoms with van der Waals surface area (Å²) in [6.07, 6.45) is 3.41. The third-order valence-corrected chi connectivity index (χ3v) is 6.93. The Morgan fingerprint density at radius 3 is 2.50 bits per heavy atom. The van der Waals surface area contributed by atoms with Gasteiger partial charge in [0.05, 0.1) is 4.91 Å². The summed E-state index contributed by atoms with van der Waals surface area (Å²) in [6, 6.07) is 2.03. The quantitative estimate of drug-likeness (QED) is 0.392. The lowest BCUT2D eigenvalue weighted by molar-refractivity contribution is -0.121. The molecular formula is C21H25N5O2S2. The fourth-order valence-corrected chi connectivity index (χ4v) is 5.04. The first-order valence-corrected chi connectivity index (χ1v) is 11.0. The average molecular weight is 444 g/mol. The van der Waals surface area contributed by atoms with Crippen molar-refractivity contribution in [1.82, 2.24) is 14.4 Å². The van der Waals surface area contributed by atoms with Crippen LogP contribution < -0.4 is 10.5 Å². The second kappa shape index (κ2) is 9.16. The number of likely N-dealkylation sites (N-methyl/N-ethyl adjacent to an activating group) is 1. The molecule has 3 heterocycles. The van der Waals surface area contributed by atoms with E-state index in [-0.39, 0.29) is 17.0 Å². The molecule has 0 spiro atoms. The Morgan fingerprint density at radius 2 is 1.93 bits per heavy atom. The average Bonchev–Trinajstić information content (AvgIpc) is 3.00. The topological polar surface area (TPSA) is 72.6 Å². The summed E-state index contributed by atoms with van der Waals surface area (Å²) in [5.41, 5.74) is 1.08. The number of hydrogen-bond acceptors (Lipinski definition) is 7. The Bertz CT molecular complexity index is 1030. The van der Waals surface area contributed by atoms with Gasteiger partial charge in [0.25, 0.3) is 11.5 Å². The molecule has 2 aliphatic rings. The molecule has 7 nitrogen and oxygen atoms in total. The van der Waals surface area contributed by atoms with Gasteiger partial charge < -0.3 is 9.80 Å². The molecule has 0 saturated carbocycles. The fourth-order valence-electron chi connectivity index (χ4n) is 3.79. The molecule has 0 aromatic carbocycles. The Balaban J connectivity index is 2.14. The van der Waals surface area contributed by atoms with E-state index >= 15 is 0 Å². The predicted octanol–water partition coefficient (Wildman–Crippen LogP) is 2.09. The van der Waals surface area contributed by atoms with Crippen LogP contribution in [0.1, 0.15) is 23.6 Å². The van der Waals surface area contributed by atoms with Crippen molar-refractivity contribution in [3.8, 4) is 6.07 Å². The van der Waals surface area contributed by atoms with Crippen molar-refractivity contribution in [2.45, 2.75) is 13.8 Å². The lowest BCUT2D eigenvalue weighted by Gasteiger charge is -2.37. The van der Waals surface area contributed by atoms with Crippen LogP contribution in [0.25, 0.3) is 6.08 Å². The lowest BCUT2D eigenvalue weighted by atomic mass is 10.0. The Labute approximate surface area is 186 Å². The number of thiocarbonyl (C=S) groups is 1. The molecule has 0 aliphatic carbocycles. The van der Waals surface area contributed by atoms with Crippen LogP contribution in [0.15, 0.2) is 22.4 Å². The van der Waals surface area contributed by atoms with Gasteiger partial charge in [-0.2, -0.15) is 5.26 Å². The molecule has 158 valence electrons. The lowest BCUT2D eigenvalue weighted by Crippen LogP contribution is -2.48. The molecule has 1 aromatic rings. The highest BCUT2D eigenvalue weighted by Crippen LogP contribution is 2.35. The van der Waals surface area contributed by atoms with Gasteiger partial charge in [0.2, 0.25) is 0 Å². The van der Waals surface area contributed by atoms with Crippen molar-refractivity contribution in [3.05, 3.63) is 44.6 Å². The summed E-state index contributed by atoms with van der Waals surface area (Å²) in [7, 11) is 1.68. The van der Waals surface area contributed by atoms with E-state index < -0.39 is 0 Å². The Hall–Kier alpha value is -2.41. The second-order valence-electron chi connectivity index (χ2n) is 7.22. The van der Waals surface area contributed by atoms with E-state index in [1.165, 1.54) is 21.2 Å². The molecule has 1 aromatic heterocycles. The first-order valence-electron chi connectivity index (χ1n) is 9.81. The summed E-state index contributed by atoms with van der Waals surface area (Å²) in [4.78, 5) is 32.2. The maximum atomic E-state index is 12.8. The number of anilines is 1. The van der Waals surface area contributed by atoms with Crippen LogP contribution in [-0.2, 0) is 11.8 Å². The number of carbonyl (C=O) groups excluding carboxylic acids is 1. The third kappa shape index (κ3) is 3.95. The van der Waals surface area contributed by atoms with E-state index in [1.807, 2.05) is 6.07 Å². The third-order valence-electron chi connectivity index (χ3n) is 5.55. The van der Waals surface area contributed by atoms with Crippen LogP contribution in [0.5, 0.6) is 0 Å². The number of rotatable bonds is 5. The van der Waals surface area contributed by atoms with E-state index in [0.29, 0.717) is 21.3 Å². The molecular weight excluding hydrogens is 418 g/mol. The van der Waals surface area contributed by atoms with Crippen LogP contribution in [-0.4, -0.2) is 63.9 Å². The van der Waals surface area contributed by atoms with Gasteiger partial charge in [-0.15, -0.1) is 6.58 Å². The molecule has 2 fully saturated rings. The smallest absolute Gasteiger partial charge is 0.270 e. The minimum atomic E-state index is -0.320. The molecule has 2 saturated heterocycles. The molecule has 30 heavy (non-hydrogen) atoms. The van der Waals surface area contributed by atoms with E-state index in [2.05, 4.69) is 23.3 Å². The van der Waals surface area contributed by atoms with Crippen LogP contribution >= 0.6 is 24.0 Å². The maximum absolute atomic E-state index is 12.8. The predicted molar refractivity (Wildman–Crippen MR) is 126 cm³/mol. The van der Waals surface area contributed by atoms with Gasteiger partial charge >= 0.3 is 0 Å². The number of thioether (sulfide) groups is 1. The van der Waals surface area contributed by atoms with Crippen molar-refractivity contribution in [3.63, 3.8) is 0 Å². The van der Waals surface area contributed by atoms with Crippen molar-refractivity contribution in [1.29, 1.82) is 5.26 Å². The van der Waals surface area contributed by atoms with E-state index in [1.54, 1.807) is 26.1 Å². The number of amides is 1. The zero-order chi connectivity index (χ0) is 22.0. The van der Waals surface area contributed by atoms with Gasteiger partial charge in [-0.05, 0) is 25.1 Å². The number of hydrogen-bond donors (Lipinski definition) is 0. The van der Waals surface area contributed by atoms with Crippen molar-refractivity contribution < 1.29 is 4.79 Å². The molecule has 2 aliphatic heterocycles. The Morgan fingerprint density at radius 1 is 1.27 bits per heavy atom. The van der Waals surface area contributed by atoms with Crippen LogP contribution in [0.4, 0.5) is 5.82 Å². The summed E-state index contributed by atoms with van der Waals surface area (Å²) < 4.78 is 2.01. The largest absolute Gasteiger partial charge is 0.355 e. The summed E-state index contributed by atoms with van der Waals surface area (Å²) >= 11 is 6.58. The van der Waals surface area contributed by atoms with Gasteiger partial charge in [0, 0.05) is 45.3 Å². The summed E-state index contributed by atoms with van der Waals surface area (Å²) in [5.74, 6) is 0.555. The molecule has 3 rings (SSSR count). The highest BCUT2D eigenvalue weighted by Gasteiger charge is 2.32. The van der Waals surface area contributed by atoms with Gasteiger partial charge in [0.1, 0.15) is 21.8 Å². The summed E-state index contributed by atoms with van der Waals surface area (Å²) in [5, 5.41) is 9.57. The molecule has 0 atom stereocenters. The monoisotopic (exact) mass is 443 g/mol. The van der Waals surface area contributed by atoms with Crippen molar-refractivity contribution in [2.24, 2.45) is 7.05 Å². The minimum Gasteiger partial charge on any atom is -0.355 e. The van der Waals surface area contributed by atoms with E-state index in [9.17, 15) is 14.9 Å². The SMILES string of the molecule is C=CCN1C(=O)/C(=C/c2c(C)c(C#N)c(=O)n(C)c2N2CCN(CC)CC2)SC1=S. The second-order valence-corrected chi connectivity index (χ2v) is 8.89. The number of aromatic nitrogens is 1. The van der Waals surface area contributed by atoms with Crippen molar-refractivity contribution in [2.75, 3.05) is 44.2 Å². The van der Waals surface area contributed by atoms with Gasteiger partial charge in [-0.3, -0.25) is 19.1 Å². The number of carbonyl (C=O) groups is 1. The van der Waals surface area contributed by atoms with Crippen LogP contribution in [0.2, 0.25) is 0 Å². The molecule has 0 N–H and O–H groups in total. The zero-order valence-electron chi connectivity index (χ0n) is 17.5. The molecule has 0 unspecified atom stereocenters. The Kier molecular flexibility index (Phi) is 6.81. The first kappa shape index (κ1) is 22.3. The normalized spacial score (nSPS) is 18.9. The standard InChI is InChI=1S/C21H25N5O2S2/c1-5-7-26-20(28)17(30-21(26)29)12-15-14(3)16(13-22)19(27)23(4)18(15)25-10-8-24(6-2)9-11-25/h5,12H,1,6-11H2,2-4H3/b17-12-. The number of piperazine rings is 1. The van der Waals surface area contributed by atoms with E-state index in [0.717, 1.165) is 44.1 Å². The zero-order valence-corrected chi connectivity index (χ0v) is 19.1. The first-order chi connectivity index (χ1) is 14.3. The van der Waals surface area contributed by atoms with Crippen LogP contribution in [0, 0.1) is 18.3 Å². The van der Waals surface area contributed by atoms with Crippen molar-refractivity contribution >= 4 is 46.1 Å². The molecule has 0 bridgehead atoms. The number of pyridine rings is 1. The number of nitrogens with zero attached hydrogens (tertiary/aromatic N) is 5. The minimum absolute atomic E-state index is 0.0984. The maximum Gasteiger partial charge on any atom is 0.270 e. The molecule has 9 heteroatoms. The highest BCUT2D eigenvalue weighted by molar-refractivity contribution is 8.26. The van der Waals surface area contributed by atoms with Crippen LogP contribution in [0.3, 0.4) is 0 Å². The molecule has 1 amide bonds. The van der Waals surface area contributed by atoms with E-state index in [4.69, 9.17) is 12.2 Å². The number of nitriles is 1. The molecule has 0 radical (unpaired) electrons. The van der Waals surface area contributed by atoms with Gasteiger partial charge in [-0.25, -0.2) is 0 Å². The summed E-state index contributed by atoms with van der Waals surface area (Å²) in [6.45, 7) is 12.2. The van der Waals surface area contributed by atoms with Gasteiger partial charge in [-0.1, -0.05) is 37.0 Å². The fraction of sp³-hybridized carbons (Fsp3) is 0.429. The highest BCUT2D eigenvalue weighted by atomic mass is 32.2.